The SMILES string of the molecule is COc1cc(C(=C2C=CC(=O)O2)c2ccc(O)c(OC)c2)ccc1O.O=C1C=CC(=C(c2cc(O)c(O)c(O)c2)c2cc(O)c(O)c(O)c2)O1.O=C1C=CC(=C(c2ccc(O)c(O)c2)c2ccc(O)c(O)c2)O1. The highest BCUT2D eigenvalue weighted by atomic mass is 16.6. The molecule has 0 saturated heterocycles. The molecule has 0 aliphatic carbocycles. The third-order valence-electron chi connectivity index (χ3n) is 10.7. The Labute approximate surface area is 411 Å². The number of ether oxygens (including phenoxy) is 5. The van der Waals surface area contributed by atoms with Gasteiger partial charge in [-0.15, -0.1) is 0 Å². The van der Waals surface area contributed by atoms with Gasteiger partial charge in [0.2, 0.25) is 0 Å². The Kier molecular flexibility index (Phi) is 14.4. The van der Waals surface area contributed by atoms with E-state index in [0.29, 0.717) is 39.2 Å². The van der Waals surface area contributed by atoms with Crippen molar-refractivity contribution in [1.82, 2.24) is 0 Å². The molecule has 12 N–H and O–H groups in total. The van der Waals surface area contributed by atoms with Gasteiger partial charge in [0.05, 0.1) is 14.2 Å². The second-order valence-electron chi connectivity index (χ2n) is 15.4. The fourth-order valence-electron chi connectivity index (χ4n) is 7.24. The summed E-state index contributed by atoms with van der Waals surface area (Å²) in [5.41, 5.74) is 3.60. The summed E-state index contributed by atoms with van der Waals surface area (Å²) in [5.74, 6) is -5.74. The second kappa shape index (κ2) is 20.9. The van der Waals surface area contributed by atoms with Gasteiger partial charge in [-0.1, -0.05) is 24.3 Å². The minimum absolute atomic E-state index is 0.00199. The molecule has 3 aliphatic heterocycles. The van der Waals surface area contributed by atoms with E-state index in [4.69, 9.17) is 23.7 Å². The first-order valence-corrected chi connectivity index (χ1v) is 21.0. The Morgan fingerprint density at radius 1 is 0.315 bits per heavy atom. The molecule has 73 heavy (non-hydrogen) atoms. The molecule has 6 aromatic rings. The van der Waals surface area contributed by atoms with Gasteiger partial charge in [-0.05, 0) is 124 Å². The van der Waals surface area contributed by atoms with Crippen LogP contribution in [0.2, 0.25) is 0 Å². The van der Waals surface area contributed by atoms with Crippen molar-refractivity contribution in [1.29, 1.82) is 0 Å². The standard InChI is InChI=1S/C19H16O6.C17H12O8.C17H12O6/c1-23-16-9-11(3-5-13(16)20)19(15-7-8-18(22)25-15)12-4-6-14(21)17(10-12)24-2;18-9-3-7(4-10(19)16(9)23)15(13-1-2-14(22)25-13)8-5-11(20)17(24)12(21)6-8;18-11-3-1-9(7-13(11)20)17(15-5-6-16(22)23-15)10-2-4-12(19)14(21)8-10/h3-10,20-21H,1-2H3;1-6,18-21,23-24H;1-8,18-21H. The van der Waals surface area contributed by atoms with Gasteiger partial charge in [0, 0.05) is 34.9 Å². The minimum Gasteiger partial charge on any atom is -0.504 e. The maximum Gasteiger partial charge on any atom is 0.336 e. The van der Waals surface area contributed by atoms with Crippen LogP contribution in [0.5, 0.6) is 80.5 Å². The van der Waals surface area contributed by atoms with Crippen LogP contribution in [0, 0.1) is 0 Å². The van der Waals surface area contributed by atoms with Gasteiger partial charge in [-0.25, -0.2) is 14.4 Å². The molecular weight excluding hydrogens is 957 g/mol. The number of carbonyl (C=O) groups excluding carboxylic acids is 3. The summed E-state index contributed by atoms with van der Waals surface area (Å²) in [7, 11) is 2.90. The van der Waals surface area contributed by atoms with E-state index in [9.17, 15) is 75.7 Å². The summed E-state index contributed by atoms with van der Waals surface area (Å²) >= 11 is 0. The van der Waals surface area contributed by atoms with Crippen molar-refractivity contribution in [3.8, 4) is 80.5 Å². The smallest absolute Gasteiger partial charge is 0.336 e. The highest BCUT2D eigenvalue weighted by molar-refractivity contribution is 5.95. The Morgan fingerprint density at radius 3 is 0.836 bits per heavy atom. The fourth-order valence-corrected chi connectivity index (χ4v) is 7.24. The second-order valence-corrected chi connectivity index (χ2v) is 15.4. The molecule has 0 aromatic heterocycles. The number of benzene rings is 6. The van der Waals surface area contributed by atoms with Crippen LogP contribution in [0.4, 0.5) is 0 Å². The lowest BCUT2D eigenvalue weighted by Gasteiger charge is -2.14. The zero-order valence-corrected chi connectivity index (χ0v) is 37.8. The van der Waals surface area contributed by atoms with Crippen molar-refractivity contribution in [2.45, 2.75) is 0 Å². The maximum absolute atomic E-state index is 11.5. The van der Waals surface area contributed by atoms with Crippen LogP contribution in [0.15, 0.2) is 151 Å². The molecule has 20 heteroatoms. The van der Waals surface area contributed by atoms with Crippen molar-refractivity contribution in [2.75, 3.05) is 14.2 Å². The minimum atomic E-state index is -0.733. The van der Waals surface area contributed by atoms with Crippen molar-refractivity contribution in [2.24, 2.45) is 0 Å². The molecule has 6 aromatic carbocycles. The topological polar surface area (TPSA) is 340 Å². The molecule has 0 radical (unpaired) electrons. The molecule has 0 spiro atoms. The van der Waals surface area contributed by atoms with Crippen LogP contribution < -0.4 is 9.47 Å². The first-order valence-electron chi connectivity index (χ1n) is 21.0. The number of phenolic OH excluding ortho intramolecular Hbond substituents is 12. The lowest BCUT2D eigenvalue weighted by Crippen LogP contribution is -1.98. The van der Waals surface area contributed by atoms with E-state index in [2.05, 4.69) is 0 Å². The maximum atomic E-state index is 11.5. The average Bonchev–Trinajstić information content (AvgIpc) is 4.12. The Hall–Kier alpha value is -10.6. The predicted molar refractivity (Wildman–Crippen MR) is 255 cm³/mol. The molecule has 0 atom stereocenters. The number of hydrogen-bond donors (Lipinski definition) is 12. The Bertz CT molecular complexity index is 3210. The molecule has 3 aliphatic rings. The van der Waals surface area contributed by atoms with Crippen molar-refractivity contribution >= 4 is 34.6 Å². The summed E-state index contributed by atoms with van der Waals surface area (Å²) in [4.78, 5) is 34.2. The van der Waals surface area contributed by atoms with Gasteiger partial charge >= 0.3 is 17.9 Å². The fraction of sp³-hybridized carbons (Fsp3) is 0.0377. The van der Waals surface area contributed by atoms with Gasteiger partial charge in [-0.3, -0.25) is 0 Å². The van der Waals surface area contributed by atoms with E-state index in [-0.39, 0.29) is 74.2 Å². The van der Waals surface area contributed by atoms with Crippen molar-refractivity contribution in [3.63, 3.8) is 0 Å². The summed E-state index contributed by atoms with van der Waals surface area (Å²) < 4.78 is 25.7. The predicted octanol–water partition coefficient (Wildman–Crippen LogP) is 7.16. The highest BCUT2D eigenvalue weighted by Crippen LogP contribution is 2.45. The zero-order valence-electron chi connectivity index (χ0n) is 37.8. The summed E-state index contributed by atoms with van der Waals surface area (Å²) in [6, 6.07) is 22.3. The number of rotatable bonds is 8. The number of esters is 3. The summed E-state index contributed by atoms with van der Waals surface area (Å²) in [6.07, 6.45) is 8.05. The number of methoxy groups -OCH3 is 2. The normalized spacial score (nSPS) is 13.1. The molecule has 3 heterocycles. The van der Waals surface area contributed by atoms with E-state index in [1.807, 2.05) is 0 Å². The number of allylic oxidation sites excluding steroid dienone is 3. The van der Waals surface area contributed by atoms with Gasteiger partial charge in [-0.2, -0.15) is 0 Å². The summed E-state index contributed by atoms with van der Waals surface area (Å²) in [6.45, 7) is 0. The highest BCUT2D eigenvalue weighted by Gasteiger charge is 2.25. The van der Waals surface area contributed by atoms with Crippen LogP contribution in [-0.2, 0) is 28.6 Å². The van der Waals surface area contributed by atoms with Gasteiger partial charge in [0.15, 0.2) is 80.5 Å². The quantitative estimate of drug-likeness (QED) is 0.0408. The van der Waals surface area contributed by atoms with Crippen LogP contribution in [0.1, 0.15) is 33.4 Å². The lowest BCUT2D eigenvalue weighted by molar-refractivity contribution is -0.133. The monoisotopic (exact) mass is 996 g/mol. The molecular formula is C53H40O20. The van der Waals surface area contributed by atoms with Crippen molar-refractivity contribution < 1.29 is 99.3 Å². The zero-order chi connectivity index (χ0) is 52.8. The number of hydrogen-bond acceptors (Lipinski definition) is 20. The van der Waals surface area contributed by atoms with Crippen LogP contribution in [0.25, 0.3) is 16.7 Å². The lowest BCUT2D eigenvalue weighted by atomic mass is 9.95. The van der Waals surface area contributed by atoms with E-state index >= 15 is 0 Å². The third kappa shape index (κ3) is 11.0. The van der Waals surface area contributed by atoms with Crippen molar-refractivity contribution in [3.05, 3.63) is 184 Å². The molecule has 9 rings (SSSR count). The molecule has 372 valence electrons. The average molecular weight is 997 g/mol. The molecule has 0 bridgehead atoms. The Morgan fingerprint density at radius 2 is 0.575 bits per heavy atom. The van der Waals surface area contributed by atoms with Crippen LogP contribution in [-0.4, -0.2) is 93.4 Å². The summed E-state index contributed by atoms with van der Waals surface area (Å²) in [5, 5.41) is 116. The Balaban J connectivity index is 0.000000160. The van der Waals surface area contributed by atoms with E-state index in [0.717, 1.165) is 30.3 Å². The largest absolute Gasteiger partial charge is 0.504 e. The molecule has 0 fully saturated rings. The number of carbonyl (C=O) groups is 3. The molecule has 0 saturated carbocycles. The number of aromatic hydroxyl groups is 12. The number of phenols is 12. The third-order valence-corrected chi connectivity index (χ3v) is 10.7. The van der Waals surface area contributed by atoms with Gasteiger partial charge < -0.3 is 85.0 Å². The molecule has 20 nitrogen and oxygen atoms in total. The van der Waals surface area contributed by atoms with E-state index in [1.54, 1.807) is 30.3 Å². The molecule has 0 amide bonds. The molecule has 0 unspecified atom stereocenters. The van der Waals surface area contributed by atoms with E-state index in [1.165, 1.54) is 87.1 Å². The van der Waals surface area contributed by atoms with Crippen LogP contribution >= 0.6 is 0 Å². The van der Waals surface area contributed by atoms with Gasteiger partial charge in [0.1, 0.15) is 17.3 Å². The van der Waals surface area contributed by atoms with E-state index < -0.39 is 52.4 Å². The number of cyclic esters (lactones) is 3. The first kappa shape index (κ1) is 50.3. The van der Waals surface area contributed by atoms with Crippen LogP contribution in [0.3, 0.4) is 0 Å². The first-order chi connectivity index (χ1) is 34.8. The van der Waals surface area contributed by atoms with Gasteiger partial charge in [0.25, 0.3) is 0 Å².